The number of nitrogens with one attached hydrogen (secondary N) is 2. The number of amides is 1. The first-order valence-electron chi connectivity index (χ1n) is 8.62. The maximum atomic E-state index is 13.1. The quantitative estimate of drug-likeness (QED) is 0.742. The Balaban J connectivity index is 1.58. The smallest absolute Gasteiger partial charge is 0.254 e. The van der Waals surface area contributed by atoms with Crippen LogP contribution in [0.1, 0.15) is 28.0 Å². The zero-order chi connectivity index (χ0) is 18.1. The molecule has 1 unspecified atom stereocenters. The van der Waals surface area contributed by atoms with Crippen LogP contribution in [0.15, 0.2) is 36.7 Å². The lowest BCUT2D eigenvalue weighted by Crippen LogP contribution is -2.49. The Kier molecular flexibility index (Phi) is 4.26. The average molecular weight is 351 g/mol. The second-order valence-electron chi connectivity index (χ2n) is 6.44. The molecule has 1 fully saturated rings. The summed E-state index contributed by atoms with van der Waals surface area (Å²) in [7, 11) is 1.95. The molecule has 1 aliphatic heterocycles. The molecule has 8 nitrogen and oxygen atoms in total. The standard InChI is InChI=1S/C18H21N7O/c1-12-21-16(23-22-12)13-3-5-14(6-4-13)18(26)25-10-7-19-11-15(25)17-20-8-9-24(17)2/h3-6,8-9,15,19H,7,10-11H2,1-2H3,(H,21,22,23). The second kappa shape index (κ2) is 6.72. The van der Waals surface area contributed by atoms with Crippen LogP contribution in [0.25, 0.3) is 11.4 Å². The van der Waals surface area contributed by atoms with Gasteiger partial charge in [0.25, 0.3) is 5.91 Å². The van der Waals surface area contributed by atoms with Crippen molar-refractivity contribution < 1.29 is 4.79 Å². The summed E-state index contributed by atoms with van der Waals surface area (Å²) >= 11 is 0. The molecule has 0 bridgehead atoms. The van der Waals surface area contributed by atoms with E-state index in [0.717, 1.165) is 23.8 Å². The van der Waals surface area contributed by atoms with Gasteiger partial charge in [0.2, 0.25) is 0 Å². The van der Waals surface area contributed by atoms with E-state index in [1.165, 1.54) is 0 Å². The highest BCUT2D eigenvalue weighted by molar-refractivity contribution is 5.95. The van der Waals surface area contributed by atoms with Gasteiger partial charge in [-0.1, -0.05) is 12.1 Å². The highest BCUT2D eigenvalue weighted by Crippen LogP contribution is 2.24. The molecule has 2 aromatic heterocycles. The number of hydrogen-bond acceptors (Lipinski definition) is 5. The lowest BCUT2D eigenvalue weighted by Gasteiger charge is -2.35. The van der Waals surface area contributed by atoms with E-state index in [1.54, 1.807) is 6.20 Å². The lowest BCUT2D eigenvalue weighted by atomic mass is 10.1. The normalized spacial score (nSPS) is 17.5. The molecule has 0 spiro atoms. The van der Waals surface area contributed by atoms with Gasteiger partial charge in [-0.25, -0.2) is 9.97 Å². The number of aromatic amines is 1. The Hall–Kier alpha value is -3.00. The monoisotopic (exact) mass is 351 g/mol. The van der Waals surface area contributed by atoms with Crippen molar-refractivity contribution in [2.24, 2.45) is 7.05 Å². The number of piperazine rings is 1. The van der Waals surface area contributed by atoms with E-state index in [9.17, 15) is 4.79 Å². The molecule has 26 heavy (non-hydrogen) atoms. The highest BCUT2D eigenvalue weighted by Gasteiger charge is 2.31. The van der Waals surface area contributed by atoms with E-state index in [1.807, 2.05) is 53.9 Å². The largest absolute Gasteiger partial charge is 0.336 e. The van der Waals surface area contributed by atoms with Gasteiger partial charge in [-0.3, -0.25) is 9.89 Å². The fourth-order valence-corrected chi connectivity index (χ4v) is 3.28. The summed E-state index contributed by atoms with van der Waals surface area (Å²) in [6, 6.07) is 7.36. The number of imidazole rings is 1. The SMILES string of the molecule is Cc1nc(-c2ccc(C(=O)N3CCNCC3c3nccn3C)cc2)n[nH]1. The third-order valence-corrected chi connectivity index (χ3v) is 4.65. The fourth-order valence-electron chi connectivity index (χ4n) is 3.28. The predicted molar refractivity (Wildman–Crippen MR) is 96.4 cm³/mol. The number of aromatic nitrogens is 5. The number of H-pyrrole nitrogens is 1. The van der Waals surface area contributed by atoms with Gasteiger partial charge >= 0.3 is 0 Å². The van der Waals surface area contributed by atoms with Crippen LogP contribution in [0.4, 0.5) is 0 Å². The summed E-state index contributed by atoms with van der Waals surface area (Å²) in [6.45, 7) is 3.99. The zero-order valence-corrected chi connectivity index (χ0v) is 14.8. The molecular weight excluding hydrogens is 330 g/mol. The molecule has 3 aromatic rings. The van der Waals surface area contributed by atoms with Crippen LogP contribution in [0.5, 0.6) is 0 Å². The van der Waals surface area contributed by atoms with Crippen molar-refractivity contribution in [2.75, 3.05) is 19.6 Å². The van der Waals surface area contributed by atoms with Gasteiger partial charge in [-0.15, -0.1) is 0 Å². The molecule has 8 heteroatoms. The molecule has 1 aliphatic rings. The van der Waals surface area contributed by atoms with Crippen LogP contribution >= 0.6 is 0 Å². The number of carbonyl (C=O) groups excluding carboxylic acids is 1. The Morgan fingerprint density at radius 3 is 2.73 bits per heavy atom. The molecule has 4 rings (SSSR count). The predicted octanol–water partition coefficient (Wildman–Crippen LogP) is 1.30. The number of aryl methyl sites for hydroxylation is 2. The van der Waals surface area contributed by atoms with E-state index in [2.05, 4.69) is 25.5 Å². The minimum absolute atomic E-state index is 0.0113. The molecule has 1 atom stereocenters. The lowest BCUT2D eigenvalue weighted by molar-refractivity contribution is 0.0621. The van der Waals surface area contributed by atoms with E-state index < -0.39 is 0 Å². The van der Waals surface area contributed by atoms with Crippen molar-refractivity contribution in [3.05, 3.63) is 53.9 Å². The van der Waals surface area contributed by atoms with Crippen LogP contribution in [0, 0.1) is 6.92 Å². The number of carbonyl (C=O) groups is 1. The summed E-state index contributed by atoms with van der Waals surface area (Å²) < 4.78 is 1.96. The van der Waals surface area contributed by atoms with Gasteiger partial charge in [0, 0.05) is 50.2 Å². The number of hydrogen-bond donors (Lipinski definition) is 2. The summed E-state index contributed by atoms with van der Waals surface area (Å²) in [5, 5.41) is 10.3. The number of benzene rings is 1. The Morgan fingerprint density at radius 2 is 2.08 bits per heavy atom. The maximum Gasteiger partial charge on any atom is 0.254 e. The first-order valence-corrected chi connectivity index (χ1v) is 8.62. The van der Waals surface area contributed by atoms with Gasteiger partial charge in [-0.05, 0) is 19.1 Å². The molecule has 0 saturated carbocycles. The average Bonchev–Trinajstić information content (AvgIpc) is 3.29. The molecule has 3 heterocycles. The van der Waals surface area contributed by atoms with Gasteiger partial charge in [0.1, 0.15) is 17.7 Å². The second-order valence-corrected chi connectivity index (χ2v) is 6.44. The van der Waals surface area contributed by atoms with E-state index in [4.69, 9.17) is 0 Å². The number of nitrogens with zero attached hydrogens (tertiary/aromatic N) is 5. The third-order valence-electron chi connectivity index (χ3n) is 4.65. The Labute approximate surface area is 151 Å². The zero-order valence-electron chi connectivity index (χ0n) is 14.8. The molecule has 1 amide bonds. The first-order chi connectivity index (χ1) is 12.6. The van der Waals surface area contributed by atoms with Gasteiger partial charge < -0.3 is 14.8 Å². The topological polar surface area (TPSA) is 91.7 Å². The Bertz CT molecular complexity index is 912. The van der Waals surface area contributed by atoms with Crippen LogP contribution < -0.4 is 5.32 Å². The molecule has 0 radical (unpaired) electrons. The molecule has 1 saturated heterocycles. The third kappa shape index (κ3) is 2.99. The van der Waals surface area contributed by atoms with Crippen LogP contribution in [-0.2, 0) is 7.05 Å². The van der Waals surface area contributed by atoms with E-state index in [0.29, 0.717) is 24.5 Å². The highest BCUT2D eigenvalue weighted by atomic mass is 16.2. The minimum Gasteiger partial charge on any atom is -0.336 e. The van der Waals surface area contributed by atoms with Crippen molar-refractivity contribution >= 4 is 5.91 Å². The fraction of sp³-hybridized carbons (Fsp3) is 0.333. The van der Waals surface area contributed by atoms with Crippen LogP contribution in [0.2, 0.25) is 0 Å². The summed E-state index contributed by atoms with van der Waals surface area (Å²) in [5.41, 5.74) is 1.54. The van der Waals surface area contributed by atoms with E-state index >= 15 is 0 Å². The van der Waals surface area contributed by atoms with Crippen molar-refractivity contribution in [1.82, 2.24) is 34.9 Å². The molecule has 134 valence electrons. The summed E-state index contributed by atoms with van der Waals surface area (Å²) in [4.78, 5) is 23.7. The van der Waals surface area contributed by atoms with Gasteiger partial charge in [0.05, 0.1) is 0 Å². The van der Waals surface area contributed by atoms with Crippen molar-refractivity contribution in [3.63, 3.8) is 0 Å². The van der Waals surface area contributed by atoms with Crippen LogP contribution in [0.3, 0.4) is 0 Å². The van der Waals surface area contributed by atoms with Crippen molar-refractivity contribution in [2.45, 2.75) is 13.0 Å². The van der Waals surface area contributed by atoms with Crippen LogP contribution in [-0.4, -0.2) is 55.2 Å². The van der Waals surface area contributed by atoms with E-state index in [-0.39, 0.29) is 11.9 Å². The molecular formula is C18H21N7O. The Morgan fingerprint density at radius 1 is 1.27 bits per heavy atom. The number of rotatable bonds is 3. The summed E-state index contributed by atoms with van der Waals surface area (Å²) in [5.74, 6) is 2.30. The molecule has 0 aliphatic carbocycles. The first kappa shape index (κ1) is 16.5. The van der Waals surface area contributed by atoms with Crippen molar-refractivity contribution in [3.8, 4) is 11.4 Å². The minimum atomic E-state index is -0.0772. The maximum absolute atomic E-state index is 13.1. The summed E-state index contributed by atoms with van der Waals surface area (Å²) in [6.07, 6.45) is 3.67. The molecule has 1 aromatic carbocycles. The van der Waals surface area contributed by atoms with Gasteiger partial charge in [-0.2, -0.15) is 5.10 Å². The van der Waals surface area contributed by atoms with Crippen molar-refractivity contribution in [1.29, 1.82) is 0 Å². The molecule has 2 N–H and O–H groups in total. The van der Waals surface area contributed by atoms with Gasteiger partial charge in [0.15, 0.2) is 5.82 Å².